The van der Waals surface area contributed by atoms with Crippen molar-refractivity contribution in [2.24, 2.45) is 11.3 Å². The molecule has 1 heterocycles. The van der Waals surface area contributed by atoms with E-state index in [0.717, 1.165) is 19.5 Å². The van der Waals surface area contributed by atoms with Crippen LogP contribution in [-0.4, -0.2) is 24.0 Å². The van der Waals surface area contributed by atoms with Crippen LogP contribution in [0, 0.1) is 5.41 Å². The maximum Gasteiger partial charge on any atom is 0.331 e. The van der Waals surface area contributed by atoms with Gasteiger partial charge in [0.25, 0.3) is 0 Å². The van der Waals surface area contributed by atoms with Crippen molar-refractivity contribution >= 4 is 6.03 Å². The van der Waals surface area contributed by atoms with Gasteiger partial charge in [-0.1, -0.05) is 13.8 Å². The fraction of sp³-hybridized carbons (Fsp3) is 0.857. The molecule has 11 heavy (non-hydrogen) atoms. The van der Waals surface area contributed by atoms with E-state index >= 15 is 0 Å². The molecule has 0 atom stereocenters. The van der Waals surface area contributed by atoms with Crippen molar-refractivity contribution in [2.45, 2.75) is 20.3 Å². The zero-order chi connectivity index (χ0) is 8.48. The Balaban J connectivity index is 2.48. The molecule has 0 unspecified atom stereocenters. The number of nitrogens with one attached hydrogen (secondary N) is 1. The molecule has 1 aliphatic heterocycles. The summed E-state index contributed by atoms with van der Waals surface area (Å²) < 4.78 is 0. The third kappa shape index (κ3) is 1.83. The first kappa shape index (κ1) is 8.33. The molecular weight excluding hydrogens is 142 g/mol. The Bertz CT molecular complexity index is 167. The molecule has 0 aromatic heterocycles. The highest BCUT2D eigenvalue weighted by molar-refractivity contribution is 5.73. The Hall–Kier alpha value is -0.770. The second-order valence-electron chi connectivity index (χ2n) is 3.79. The highest BCUT2D eigenvalue weighted by atomic mass is 16.2. The van der Waals surface area contributed by atoms with E-state index in [1.165, 1.54) is 0 Å². The molecule has 0 aliphatic carbocycles. The lowest BCUT2D eigenvalue weighted by Crippen LogP contribution is -2.42. The maximum absolute atomic E-state index is 11.0. The first-order valence-corrected chi connectivity index (χ1v) is 3.81. The predicted octanol–water partition coefficient (Wildman–Crippen LogP) is 0.302. The number of likely N-dealkylation sites (tertiary alicyclic amines) is 1. The van der Waals surface area contributed by atoms with Crippen molar-refractivity contribution in [3.8, 4) is 0 Å². The third-order valence-electron chi connectivity index (χ3n) is 2.09. The van der Waals surface area contributed by atoms with Crippen LogP contribution in [-0.2, 0) is 0 Å². The van der Waals surface area contributed by atoms with Crippen LogP contribution in [0.2, 0.25) is 0 Å². The lowest BCUT2D eigenvalue weighted by atomic mass is 9.93. The quantitative estimate of drug-likeness (QED) is 0.302. The van der Waals surface area contributed by atoms with Crippen LogP contribution >= 0.6 is 0 Å². The number of amides is 2. The van der Waals surface area contributed by atoms with Gasteiger partial charge in [0.05, 0.1) is 0 Å². The fourth-order valence-corrected chi connectivity index (χ4v) is 1.38. The minimum atomic E-state index is -0.171. The number of urea groups is 1. The summed E-state index contributed by atoms with van der Waals surface area (Å²) in [5, 5.41) is 0. The van der Waals surface area contributed by atoms with Gasteiger partial charge in [-0.25, -0.2) is 10.6 Å². The molecule has 1 aliphatic rings. The summed E-state index contributed by atoms with van der Waals surface area (Å²) in [7, 11) is 0. The standard InChI is InChI=1S/C7H15N3O/c1-7(2)3-4-10(5-7)6(11)9-8/h3-5,8H2,1-2H3,(H,9,11). The average Bonchev–Trinajstić information content (AvgIpc) is 2.29. The van der Waals surface area contributed by atoms with Crippen LogP contribution in [0.1, 0.15) is 20.3 Å². The summed E-state index contributed by atoms with van der Waals surface area (Å²) in [6.07, 6.45) is 1.06. The Morgan fingerprint density at radius 1 is 1.64 bits per heavy atom. The molecular formula is C7H15N3O. The van der Waals surface area contributed by atoms with E-state index in [9.17, 15) is 4.79 Å². The Morgan fingerprint density at radius 2 is 2.27 bits per heavy atom. The van der Waals surface area contributed by atoms with Gasteiger partial charge in [0.15, 0.2) is 0 Å². The minimum absolute atomic E-state index is 0.171. The molecule has 64 valence electrons. The van der Waals surface area contributed by atoms with Crippen LogP contribution < -0.4 is 11.3 Å². The van der Waals surface area contributed by atoms with Gasteiger partial charge >= 0.3 is 6.03 Å². The second-order valence-corrected chi connectivity index (χ2v) is 3.79. The molecule has 0 bridgehead atoms. The van der Waals surface area contributed by atoms with Gasteiger partial charge in [-0.15, -0.1) is 0 Å². The molecule has 0 aromatic rings. The van der Waals surface area contributed by atoms with Crippen LogP contribution in [0.4, 0.5) is 4.79 Å². The van der Waals surface area contributed by atoms with Gasteiger partial charge in [0.2, 0.25) is 0 Å². The molecule has 0 radical (unpaired) electrons. The monoisotopic (exact) mass is 157 g/mol. The number of hydrazine groups is 1. The molecule has 0 saturated carbocycles. The van der Waals surface area contributed by atoms with Crippen molar-refractivity contribution in [1.29, 1.82) is 0 Å². The Kier molecular flexibility index (Phi) is 2.04. The number of hydrogen-bond acceptors (Lipinski definition) is 2. The zero-order valence-electron chi connectivity index (χ0n) is 7.05. The number of hydrogen-bond donors (Lipinski definition) is 2. The smallest absolute Gasteiger partial charge is 0.323 e. The van der Waals surface area contributed by atoms with Crippen molar-refractivity contribution in [3.63, 3.8) is 0 Å². The lowest BCUT2D eigenvalue weighted by molar-refractivity contribution is 0.203. The zero-order valence-corrected chi connectivity index (χ0v) is 7.05. The van der Waals surface area contributed by atoms with Crippen LogP contribution in [0.15, 0.2) is 0 Å². The molecule has 4 heteroatoms. The topological polar surface area (TPSA) is 58.4 Å². The van der Waals surface area contributed by atoms with E-state index in [4.69, 9.17) is 5.84 Å². The summed E-state index contributed by atoms with van der Waals surface area (Å²) >= 11 is 0. The first-order valence-electron chi connectivity index (χ1n) is 3.81. The van der Waals surface area contributed by atoms with Crippen molar-refractivity contribution in [1.82, 2.24) is 10.3 Å². The SMILES string of the molecule is CC1(C)CCN(C(=O)NN)C1. The number of carbonyl (C=O) groups excluding carboxylic acids is 1. The third-order valence-corrected chi connectivity index (χ3v) is 2.09. The summed E-state index contributed by atoms with van der Waals surface area (Å²) in [5.41, 5.74) is 2.39. The van der Waals surface area contributed by atoms with Crippen molar-refractivity contribution in [2.75, 3.05) is 13.1 Å². The molecule has 1 fully saturated rings. The highest BCUT2D eigenvalue weighted by Crippen LogP contribution is 2.28. The lowest BCUT2D eigenvalue weighted by Gasteiger charge is -2.18. The van der Waals surface area contributed by atoms with E-state index < -0.39 is 0 Å². The molecule has 3 N–H and O–H groups in total. The van der Waals surface area contributed by atoms with Gasteiger partial charge in [0.1, 0.15) is 0 Å². The molecule has 1 rings (SSSR count). The minimum Gasteiger partial charge on any atom is -0.323 e. The summed E-state index contributed by atoms with van der Waals surface area (Å²) in [4.78, 5) is 12.7. The fourth-order valence-electron chi connectivity index (χ4n) is 1.38. The van der Waals surface area contributed by atoms with E-state index in [2.05, 4.69) is 19.3 Å². The average molecular weight is 157 g/mol. The second kappa shape index (κ2) is 2.70. The Morgan fingerprint density at radius 3 is 2.64 bits per heavy atom. The molecule has 0 aromatic carbocycles. The van der Waals surface area contributed by atoms with Crippen molar-refractivity contribution in [3.05, 3.63) is 0 Å². The van der Waals surface area contributed by atoms with Crippen molar-refractivity contribution < 1.29 is 4.79 Å². The Labute approximate surface area is 66.7 Å². The van der Waals surface area contributed by atoms with Gasteiger partial charge in [0, 0.05) is 13.1 Å². The largest absolute Gasteiger partial charge is 0.331 e. The number of nitrogens with zero attached hydrogens (tertiary/aromatic N) is 1. The molecule has 4 nitrogen and oxygen atoms in total. The summed E-state index contributed by atoms with van der Waals surface area (Å²) in [6.45, 7) is 5.92. The highest BCUT2D eigenvalue weighted by Gasteiger charge is 2.31. The van der Waals surface area contributed by atoms with Gasteiger partial charge in [-0.3, -0.25) is 5.43 Å². The van der Waals surface area contributed by atoms with E-state index in [-0.39, 0.29) is 11.4 Å². The van der Waals surface area contributed by atoms with Gasteiger partial charge in [-0.2, -0.15) is 0 Å². The maximum atomic E-state index is 11.0. The predicted molar refractivity (Wildman–Crippen MR) is 42.7 cm³/mol. The first-order chi connectivity index (χ1) is 5.05. The van der Waals surface area contributed by atoms with Gasteiger partial charge in [-0.05, 0) is 11.8 Å². The number of carbonyl (C=O) groups is 1. The van der Waals surface area contributed by atoms with Gasteiger partial charge < -0.3 is 4.90 Å². The summed E-state index contributed by atoms with van der Waals surface area (Å²) in [6, 6.07) is -0.171. The molecule has 2 amide bonds. The van der Waals surface area contributed by atoms with E-state index in [1.54, 1.807) is 4.90 Å². The number of rotatable bonds is 0. The van der Waals surface area contributed by atoms with E-state index in [0.29, 0.717) is 0 Å². The molecule has 0 spiro atoms. The molecule has 1 saturated heterocycles. The van der Waals surface area contributed by atoms with E-state index in [1.807, 2.05) is 0 Å². The normalized spacial score (nSPS) is 21.9. The number of nitrogens with two attached hydrogens (primary N) is 1. The van der Waals surface area contributed by atoms with Crippen LogP contribution in [0.3, 0.4) is 0 Å². The van der Waals surface area contributed by atoms with Crippen LogP contribution in [0.25, 0.3) is 0 Å². The van der Waals surface area contributed by atoms with Crippen LogP contribution in [0.5, 0.6) is 0 Å². The summed E-state index contributed by atoms with van der Waals surface area (Å²) in [5.74, 6) is 5.00.